The first-order valence-corrected chi connectivity index (χ1v) is 7.76. The lowest BCUT2D eigenvalue weighted by Gasteiger charge is -2.17. The van der Waals surface area contributed by atoms with Gasteiger partial charge in [0.05, 0.1) is 0 Å². The standard InChI is InChI=1S/C18H19NO4/c20-17(16-6-3-9-23-16)19-15(18(21)22)11-12-7-8-13-4-1-2-5-14(13)10-12/h1-2,4-5,7-8,10,15-16H,3,6,9,11H2,(H,19,20)(H,21,22)/t15-,16-/m0/s1. The van der Waals surface area contributed by atoms with E-state index in [0.717, 1.165) is 22.8 Å². The van der Waals surface area contributed by atoms with Gasteiger partial charge in [0.15, 0.2) is 0 Å². The summed E-state index contributed by atoms with van der Waals surface area (Å²) in [7, 11) is 0. The Morgan fingerprint density at radius 1 is 1.22 bits per heavy atom. The van der Waals surface area contributed by atoms with E-state index in [1.165, 1.54) is 0 Å². The Labute approximate surface area is 134 Å². The van der Waals surface area contributed by atoms with Gasteiger partial charge in [-0.1, -0.05) is 42.5 Å². The Hall–Kier alpha value is -2.40. The van der Waals surface area contributed by atoms with Crippen molar-refractivity contribution in [1.29, 1.82) is 0 Å². The Morgan fingerprint density at radius 2 is 2.00 bits per heavy atom. The molecule has 5 nitrogen and oxygen atoms in total. The third-order valence-electron chi connectivity index (χ3n) is 4.09. The molecule has 0 unspecified atom stereocenters. The van der Waals surface area contributed by atoms with E-state index >= 15 is 0 Å². The molecule has 3 rings (SSSR count). The topological polar surface area (TPSA) is 75.6 Å². The van der Waals surface area contributed by atoms with Gasteiger partial charge in [0.2, 0.25) is 5.91 Å². The summed E-state index contributed by atoms with van der Waals surface area (Å²) in [6, 6.07) is 12.8. The van der Waals surface area contributed by atoms with Crippen molar-refractivity contribution < 1.29 is 19.4 Å². The number of hydrogen-bond acceptors (Lipinski definition) is 3. The number of carboxylic acid groups (broad SMARTS) is 1. The van der Waals surface area contributed by atoms with Gasteiger partial charge < -0.3 is 15.2 Å². The van der Waals surface area contributed by atoms with Crippen molar-refractivity contribution in [3.05, 3.63) is 48.0 Å². The lowest BCUT2D eigenvalue weighted by Crippen LogP contribution is -2.46. The summed E-state index contributed by atoms with van der Waals surface area (Å²) in [6.07, 6.45) is 1.21. The van der Waals surface area contributed by atoms with Crippen LogP contribution in [0.1, 0.15) is 18.4 Å². The Bertz CT molecular complexity index is 722. The normalized spacial score (nSPS) is 18.7. The van der Waals surface area contributed by atoms with Crippen molar-refractivity contribution in [3.8, 4) is 0 Å². The molecule has 120 valence electrons. The van der Waals surface area contributed by atoms with Gasteiger partial charge in [0.25, 0.3) is 0 Å². The van der Waals surface area contributed by atoms with Crippen molar-refractivity contribution in [1.82, 2.24) is 5.32 Å². The second-order valence-corrected chi connectivity index (χ2v) is 5.79. The number of aliphatic carboxylic acids is 1. The second-order valence-electron chi connectivity index (χ2n) is 5.79. The van der Waals surface area contributed by atoms with Gasteiger partial charge >= 0.3 is 5.97 Å². The minimum Gasteiger partial charge on any atom is -0.480 e. The minimum atomic E-state index is -1.04. The van der Waals surface area contributed by atoms with Gasteiger partial charge in [-0.15, -0.1) is 0 Å². The van der Waals surface area contributed by atoms with Crippen LogP contribution in [-0.4, -0.2) is 35.7 Å². The molecule has 1 aliphatic rings. The Balaban J connectivity index is 1.72. The van der Waals surface area contributed by atoms with E-state index in [2.05, 4.69) is 5.32 Å². The molecule has 1 fully saturated rings. The van der Waals surface area contributed by atoms with Gasteiger partial charge in [-0.3, -0.25) is 4.79 Å². The van der Waals surface area contributed by atoms with E-state index in [-0.39, 0.29) is 12.3 Å². The number of rotatable bonds is 5. The van der Waals surface area contributed by atoms with Crippen LogP contribution in [0.4, 0.5) is 0 Å². The van der Waals surface area contributed by atoms with Crippen molar-refractivity contribution in [2.75, 3.05) is 6.61 Å². The van der Waals surface area contributed by atoms with Crippen molar-refractivity contribution in [2.45, 2.75) is 31.4 Å². The third kappa shape index (κ3) is 3.68. The van der Waals surface area contributed by atoms with E-state index < -0.39 is 18.1 Å². The van der Waals surface area contributed by atoms with Crippen LogP contribution in [0, 0.1) is 0 Å². The maximum absolute atomic E-state index is 12.1. The quantitative estimate of drug-likeness (QED) is 0.886. The first-order valence-electron chi connectivity index (χ1n) is 7.76. The number of amides is 1. The summed E-state index contributed by atoms with van der Waals surface area (Å²) in [6.45, 7) is 0.556. The van der Waals surface area contributed by atoms with E-state index in [9.17, 15) is 14.7 Å². The molecular formula is C18H19NO4. The zero-order valence-corrected chi connectivity index (χ0v) is 12.7. The minimum absolute atomic E-state index is 0.249. The fourth-order valence-electron chi connectivity index (χ4n) is 2.85. The lowest BCUT2D eigenvalue weighted by molar-refractivity contribution is -0.143. The van der Waals surface area contributed by atoms with Crippen LogP contribution in [-0.2, 0) is 20.7 Å². The van der Waals surface area contributed by atoms with Gasteiger partial charge in [-0.05, 0) is 29.2 Å². The van der Waals surface area contributed by atoms with E-state index in [1.54, 1.807) is 0 Å². The second kappa shape index (κ2) is 6.79. The van der Waals surface area contributed by atoms with Gasteiger partial charge in [0, 0.05) is 13.0 Å². The number of benzene rings is 2. The summed E-state index contributed by atoms with van der Waals surface area (Å²) in [4.78, 5) is 23.5. The molecule has 2 aromatic rings. The van der Waals surface area contributed by atoms with Crippen molar-refractivity contribution in [3.63, 3.8) is 0 Å². The molecule has 1 aliphatic heterocycles. The SMILES string of the molecule is O=C(O)[C@H](Cc1ccc2ccccc2c1)NC(=O)[C@@H]1CCCO1. The molecule has 0 aromatic heterocycles. The molecular weight excluding hydrogens is 294 g/mol. The molecule has 1 amide bonds. The number of carbonyl (C=O) groups is 2. The third-order valence-corrected chi connectivity index (χ3v) is 4.09. The van der Waals surface area contributed by atoms with E-state index in [1.807, 2.05) is 42.5 Å². The zero-order chi connectivity index (χ0) is 16.2. The number of ether oxygens (including phenoxy) is 1. The first kappa shape index (κ1) is 15.5. The number of hydrogen-bond donors (Lipinski definition) is 2. The van der Waals surface area contributed by atoms with Gasteiger partial charge in [0.1, 0.15) is 12.1 Å². The van der Waals surface area contributed by atoms with Crippen LogP contribution < -0.4 is 5.32 Å². The molecule has 0 bridgehead atoms. The highest BCUT2D eigenvalue weighted by Gasteiger charge is 2.28. The summed E-state index contributed by atoms with van der Waals surface area (Å²) >= 11 is 0. The van der Waals surface area contributed by atoms with Crippen LogP contribution in [0.15, 0.2) is 42.5 Å². The van der Waals surface area contributed by atoms with Crippen molar-refractivity contribution in [2.24, 2.45) is 0 Å². The summed E-state index contributed by atoms with van der Waals surface area (Å²) in [5, 5.41) is 14.1. The zero-order valence-electron chi connectivity index (χ0n) is 12.7. The van der Waals surface area contributed by atoms with Crippen LogP contribution >= 0.6 is 0 Å². The first-order chi connectivity index (χ1) is 11.1. The average molecular weight is 313 g/mol. The highest BCUT2D eigenvalue weighted by atomic mass is 16.5. The molecule has 1 saturated heterocycles. The molecule has 2 N–H and O–H groups in total. The molecule has 1 heterocycles. The number of nitrogens with one attached hydrogen (secondary N) is 1. The average Bonchev–Trinajstić information content (AvgIpc) is 3.08. The maximum atomic E-state index is 12.1. The Morgan fingerprint density at radius 3 is 2.70 bits per heavy atom. The highest BCUT2D eigenvalue weighted by molar-refractivity contribution is 5.87. The van der Waals surface area contributed by atoms with Crippen molar-refractivity contribution >= 4 is 22.6 Å². The van der Waals surface area contributed by atoms with Crippen LogP contribution in [0.2, 0.25) is 0 Å². The van der Waals surface area contributed by atoms with Crippen LogP contribution in [0.25, 0.3) is 10.8 Å². The molecule has 5 heteroatoms. The molecule has 0 spiro atoms. The van der Waals surface area contributed by atoms with E-state index in [4.69, 9.17) is 4.74 Å². The lowest BCUT2D eigenvalue weighted by atomic mass is 10.0. The molecule has 2 aromatic carbocycles. The Kier molecular flexibility index (Phi) is 4.57. The fourth-order valence-corrected chi connectivity index (χ4v) is 2.85. The molecule has 0 saturated carbocycles. The summed E-state index contributed by atoms with van der Waals surface area (Å²) < 4.78 is 5.30. The predicted octanol–water partition coefficient (Wildman–Crippen LogP) is 2.13. The maximum Gasteiger partial charge on any atom is 0.326 e. The predicted molar refractivity (Wildman–Crippen MR) is 86.2 cm³/mol. The monoisotopic (exact) mass is 313 g/mol. The molecule has 23 heavy (non-hydrogen) atoms. The molecule has 0 aliphatic carbocycles. The summed E-state index contributed by atoms with van der Waals surface area (Å²) in [5.41, 5.74) is 0.878. The summed E-state index contributed by atoms with van der Waals surface area (Å²) in [5.74, 6) is -1.37. The van der Waals surface area contributed by atoms with Crippen LogP contribution in [0.5, 0.6) is 0 Å². The number of carbonyl (C=O) groups excluding carboxylic acids is 1. The number of fused-ring (bicyclic) bond motifs is 1. The van der Waals surface area contributed by atoms with Crippen LogP contribution in [0.3, 0.4) is 0 Å². The van der Waals surface area contributed by atoms with E-state index in [0.29, 0.717) is 13.0 Å². The van der Waals surface area contributed by atoms with Gasteiger partial charge in [-0.2, -0.15) is 0 Å². The van der Waals surface area contributed by atoms with Gasteiger partial charge in [-0.25, -0.2) is 4.79 Å². The molecule has 2 atom stereocenters. The highest BCUT2D eigenvalue weighted by Crippen LogP contribution is 2.17. The largest absolute Gasteiger partial charge is 0.480 e. The smallest absolute Gasteiger partial charge is 0.326 e. The number of carboxylic acids is 1. The molecule has 0 radical (unpaired) electrons. The fraction of sp³-hybridized carbons (Fsp3) is 0.333.